The number of carbonyl (C=O) groups is 2. The van der Waals surface area contributed by atoms with E-state index in [9.17, 15) is 9.59 Å². The number of tetrazole rings is 1. The Balaban J connectivity index is 1.66. The van der Waals surface area contributed by atoms with Crippen molar-refractivity contribution in [2.75, 3.05) is 25.0 Å². The number of hydrogen-bond donors (Lipinski definition) is 1. The van der Waals surface area contributed by atoms with Gasteiger partial charge in [-0.05, 0) is 54.3 Å². The minimum atomic E-state index is -0.244. The second-order valence-corrected chi connectivity index (χ2v) is 6.71. The molecule has 9 heteroatoms. The number of aromatic nitrogens is 4. The molecule has 1 saturated heterocycles. The van der Waals surface area contributed by atoms with Crippen molar-refractivity contribution in [1.82, 2.24) is 25.1 Å². The summed E-state index contributed by atoms with van der Waals surface area (Å²) < 4.78 is 6.97. The van der Waals surface area contributed by atoms with Crippen molar-refractivity contribution < 1.29 is 14.3 Å². The first-order valence-electron chi connectivity index (χ1n) is 8.99. The number of nitrogens with zero attached hydrogens (tertiary/aromatic N) is 5. The fourth-order valence-electron chi connectivity index (χ4n) is 3.03. The number of nitrogens with one attached hydrogen (secondary N) is 1. The molecule has 1 fully saturated rings. The molecule has 1 unspecified atom stereocenters. The number of anilines is 1. The zero-order valence-corrected chi connectivity index (χ0v) is 15.6. The van der Waals surface area contributed by atoms with E-state index in [-0.39, 0.29) is 31.0 Å². The third-order valence-electron chi connectivity index (χ3n) is 4.70. The zero-order valence-electron chi connectivity index (χ0n) is 15.6. The van der Waals surface area contributed by atoms with Crippen molar-refractivity contribution in [3.63, 3.8) is 0 Å². The van der Waals surface area contributed by atoms with Crippen LogP contribution in [0.2, 0.25) is 0 Å². The number of hydrogen-bond acceptors (Lipinski definition) is 6. The highest BCUT2D eigenvalue weighted by molar-refractivity contribution is 5.95. The van der Waals surface area contributed by atoms with Crippen LogP contribution in [0.1, 0.15) is 24.0 Å². The van der Waals surface area contributed by atoms with Gasteiger partial charge < -0.3 is 15.0 Å². The van der Waals surface area contributed by atoms with Crippen LogP contribution in [-0.2, 0) is 20.9 Å². The normalized spacial score (nSPS) is 16.3. The molecule has 3 rings (SSSR count). The third kappa shape index (κ3) is 5.10. The van der Waals surface area contributed by atoms with Gasteiger partial charge in [-0.3, -0.25) is 9.59 Å². The lowest BCUT2D eigenvalue weighted by atomic mass is 10.1. The summed E-state index contributed by atoms with van der Waals surface area (Å²) >= 11 is 0. The van der Waals surface area contributed by atoms with Gasteiger partial charge >= 0.3 is 0 Å². The van der Waals surface area contributed by atoms with Crippen LogP contribution in [0, 0.1) is 13.8 Å². The summed E-state index contributed by atoms with van der Waals surface area (Å²) in [5, 5.41) is 13.7. The Morgan fingerprint density at radius 2 is 2.22 bits per heavy atom. The minimum Gasteiger partial charge on any atom is -0.376 e. The second kappa shape index (κ2) is 8.72. The fraction of sp³-hybridized carbons (Fsp3) is 0.500. The number of carbonyl (C=O) groups excluding carboxylic acids is 2. The summed E-state index contributed by atoms with van der Waals surface area (Å²) in [6.07, 6.45) is 3.18. The van der Waals surface area contributed by atoms with E-state index in [0.717, 1.165) is 29.7 Å². The molecule has 1 N–H and O–H groups in total. The van der Waals surface area contributed by atoms with Gasteiger partial charge in [-0.2, -0.15) is 0 Å². The molecule has 2 heterocycles. The Bertz CT molecular complexity index is 786. The average Bonchev–Trinajstić information content (AvgIpc) is 3.32. The smallest absolute Gasteiger partial charge is 0.244 e. The van der Waals surface area contributed by atoms with Crippen LogP contribution in [0.25, 0.3) is 0 Å². The summed E-state index contributed by atoms with van der Waals surface area (Å²) in [7, 11) is 0. The summed E-state index contributed by atoms with van der Waals surface area (Å²) in [5.41, 5.74) is 2.86. The molecule has 9 nitrogen and oxygen atoms in total. The van der Waals surface area contributed by atoms with Gasteiger partial charge in [0.25, 0.3) is 0 Å². The maximum atomic E-state index is 12.7. The summed E-state index contributed by atoms with van der Waals surface area (Å²) in [5.74, 6) is -0.472. The van der Waals surface area contributed by atoms with Gasteiger partial charge in [0.1, 0.15) is 19.4 Å². The molecule has 144 valence electrons. The van der Waals surface area contributed by atoms with E-state index in [0.29, 0.717) is 13.2 Å². The molecule has 2 amide bonds. The lowest BCUT2D eigenvalue weighted by molar-refractivity contribution is -0.137. The summed E-state index contributed by atoms with van der Waals surface area (Å²) in [6.45, 7) is 4.95. The molecular formula is C18H24N6O3. The Hall–Kier alpha value is -2.81. The molecule has 0 spiro atoms. The summed E-state index contributed by atoms with van der Waals surface area (Å²) in [4.78, 5) is 26.8. The van der Waals surface area contributed by atoms with Crippen LogP contribution < -0.4 is 5.32 Å². The molecular weight excluding hydrogens is 348 g/mol. The van der Waals surface area contributed by atoms with E-state index < -0.39 is 0 Å². The van der Waals surface area contributed by atoms with Crippen LogP contribution >= 0.6 is 0 Å². The minimum absolute atomic E-state index is 0.0174. The van der Waals surface area contributed by atoms with Crippen molar-refractivity contribution in [3.05, 3.63) is 35.7 Å². The number of ether oxygens (including phenoxy) is 1. The first-order chi connectivity index (χ1) is 13.0. The van der Waals surface area contributed by atoms with Gasteiger partial charge in [-0.15, -0.1) is 5.10 Å². The van der Waals surface area contributed by atoms with Crippen molar-refractivity contribution in [2.45, 2.75) is 39.3 Å². The first-order valence-corrected chi connectivity index (χ1v) is 8.99. The molecule has 27 heavy (non-hydrogen) atoms. The molecule has 1 aromatic carbocycles. The highest BCUT2D eigenvalue weighted by Gasteiger charge is 2.25. The number of aryl methyl sites for hydroxylation is 1. The highest BCUT2D eigenvalue weighted by atomic mass is 16.5. The van der Waals surface area contributed by atoms with Crippen molar-refractivity contribution >= 4 is 17.5 Å². The molecule has 1 aromatic heterocycles. The Morgan fingerprint density at radius 1 is 1.37 bits per heavy atom. The number of benzene rings is 1. The quantitative estimate of drug-likeness (QED) is 0.776. The van der Waals surface area contributed by atoms with E-state index in [1.54, 1.807) is 0 Å². The lowest BCUT2D eigenvalue weighted by Gasteiger charge is -2.25. The SMILES string of the molecule is Cc1cccc(NC(=O)CN(CC2CCCO2)C(=O)Cn2cnnn2)c1C. The van der Waals surface area contributed by atoms with Gasteiger partial charge in [-0.25, -0.2) is 4.68 Å². The fourth-order valence-corrected chi connectivity index (χ4v) is 3.03. The molecule has 0 bridgehead atoms. The molecule has 1 atom stereocenters. The molecule has 0 radical (unpaired) electrons. The van der Waals surface area contributed by atoms with Gasteiger partial charge in [0.15, 0.2) is 0 Å². The monoisotopic (exact) mass is 372 g/mol. The number of amides is 2. The number of rotatable bonds is 7. The van der Waals surface area contributed by atoms with Crippen LogP contribution in [0.4, 0.5) is 5.69 Å². The van der Waals surface area contributed by atoms with E-state index in [1.807, 2.05) is 32.0 Å². The van der Waals surface area contributed by atoms with Crippen molar-refractivity contribution in [2.24, 2.45) is 0 Å². The van der Waals surface area contributed by atoms with Crippen LogP contribution in [0.5, 0.6) is 0 Å². The van der Waals surface area contributed by atoms with Crippen LogP contribution in [-0.4, -0.2) is 62.7 Å². The highest BCUT2D eigenvalue weighted by Crippen LogP contribution is 2.18. The predicted molar refractivity (Wildman–Crippen MR) is 97.9 cm³/mol. The maximum absolute atomic E-state index is 12.7. The standard InChI is InChI=1S/C18H24N6O3/c1-13-5-3-7-16(14(13)2)20-17(25)10-23(9-15-6-4-8-27-15)18(26)11-24-12-19-21-22-24/h3,5,7,12,15H,4,6,8-11H2,1-2H3,(H,20,25). The van der Waals surface area contributed by atoms with Gasteiger partial charge in [0.2, 0.25) is 11.8 Å². The van der Waals surface area contributed by atoms with Gasteiger partial charge in [0.05, 0.1) is 6.10 Å². The molecule has 0 saturated carbocycles. The largest absolute Gasteiger partial charge is 0.376 e. The predicted octanol–water partition coefficient (Wildman–Crippen LogP) is 0.936. The molecule has 1 aliphatic heterocycles. The average molecular weight is 372 g/mol. The zero-order chi connectivity index (χ0) is 19.2. The molecule has 2 aromatic rings. The Kier molecular flexibility index (Phi) is 6.12. The van der Waals surface area contributed by atoms with Crippen LogP contribution in [0.3, 0.4) is 0 Å². The van der Waals surface area contributed by atoms with E-state index >= 15 is 0 Å². The molecule has 1 aliphatic rings. The summed E-state index contributed by atoms with van der Waals surface area (Å²) in [6, 6.07) is 5.74. The maximum Gasteiger partial charge on any atom is 0.244 e. The van der Waals surface area contributed by atoms with Crippen molar-refractivity contribution in [1.29, 1.82) is 0 Å². The Labute approximate surface area is 157 Å². The third-order valence-corrected chi connectivity index (χ3v) is 4.70. The molecule has 0 aliphatic carbocycles. The lowest BCUT2D eigenvalue weighted by Crippen LogP contribution is -2.43. The first kappa shape index (κ1) is 19.0. The van der Waals surface area contributed by atoms with Gasteiger partial charge in [-0.1, -0.05) is 12.1 Å². The van der Waals surface area contributed by atoms with E-state index in [2.05, 4.69) is 20.8 Å². The van der Waals surface area contributed by atoms with E-state index in [1.165, 1.54) is 15.9 Å². The topological polar surface area (TPSA) is 102 Å². The van der Waals surface area contributed by atoms with Crippen molar-refractivity contribution in [3.8, 4) is 0 Å². The van der Waals surface area contributed by atoms with Crippen LogP contribution in [0.15, 0.2) is 24.5 Å². The van der Waals surface area contributed by atoms with Gasteiger partial charge in [0, 0.05) is 18.8 Å². The second-order valence-electron chi connectivity index (χ2n) is 6.71. The Morgan fingerprint density at radius 3 is 2.93 bits per heavy atom. The van der Waals surface area contributed by atoms with E-state index in [4.69, 9.17) is 4.74 Å².